The van der Waals surface area contributed by atoms with E-state index in [1.807, 2.05) is 0 Å². The fourth-order valence-corrected chi connectivity index (χ4v) is 2.92. The topological polar surface area (TPSA) is 32.3 Å². The molecule has 3 heteroatoms. The first kappa shape index (κ1) is 14.3. The Kier molecular flexibility index (Phi) is 4.75. The molecular weight excluding hydrogens is 254 g/mol. The zero-order valence-corrected chi connectivity index (χ0v) is 12.6. The minimum atomic E-state index is 0.00130. The van der Waals surface area contributed by atoms with E-state index in [1.165, 1.54) is 27.1 Å². The van der Waals surface area contributed by atoms with Crippen molar-refractivity contribution in [1.29, 1.82) is 0 Å². The summed E-state index contributed by atoms with van der Waals surface area (Å²) < 4.78 is 0. The Morgan fingerprint density at radius 3 is 2.53 bits per heavy atom. The fraction of sp³-hybridized carbons (Fsp3) is 0.375. The van der Waals surface area contributed by atoms with Crippen molar-refractivity contribution in [1.82, 2.24) is 5.32 Å². The van der Waals surface area contributed by atoms with E-state index in [9.17, 15) is 5.11 Å². The van der Waals surface area contributed by atoms with E-state index in [1.54, 1.807) is 11.3 Å². The molecule has 2 nitrogen and oxygen atoms in total. The molecule has 0 saturated heterocycles. The number of thiophene rings is 1. The number of hydrogen-bond acceptors (Lipinski definition) is 3. The molecule has 1 unspecified atom stereocenters. The number of aliphatic hydroxyl groups is 1. The molecule has 0 aliphatic carbocycles. The maximum absolute atomic E-state index is 9.63. The Labute approximate surface area is 119 Å². The molecule has 1 aromatic heterocycles. The Morgan fingerprint density at radius 1 is 1.16 bits per heavy atom. The van der Waals surface area contributed by atoms with Crippen molar-refractivity contribution in [2.75, 3.05) is 6.61 Å². The first-order valence-corrected chi connectivity index (χ1v) is 7.44. The van der Waals surface area contributed by atoms with Crippen LogP contribution in [-0.2, 0) is 6.54 Å². The number of benzene rings is 1. The summed E-state index contributed by atoms with van der Waals surface area (Å²) in [4.78, 5) is 1.29. The lowest BCUT2D eigenvalue weighted by molar-refractivity contribution is 0.243. The van der Waals surface area contributed by atoms with Crippen LogP contribution in [0, 0.1) is 20.8 Å². The first-order valence-electron chi connectivity index (χ1n) is 6.56. The summed E-state index contributed by atoms with van der Waals surface area (Å²) in [6.45, 7) is 7.27. The summed E-state index contributed by atoms with van der Waals surface area (Å²) in [5.74, 6) is 0. The highest BCUT2D eigenvalue weighted by Gasteiger charge is 2.13. The highest BCUT2D eigenvalue weighted by molar-refractivity contribution is 7.09. The molecule has 2 rings (SSSR count). The largest absolute Gasteiger partial charge is 0.394 e. The van der Waals surface area contributed by atoms with Crippen molar-refractivity contribution < 1.29 is 5.11 Å². The van der Waals surface area contributed by atoms with Crippen LogP contribution in [0.2, 0.25) is 0 Å². The van der Waals surface area contributed by atoms with E-state index in [0.29, 0.717) is 0 Å². The zero-order chi connectivity index (χ0) is 13.8. The van der Waals surface area contributed by atoms with Crippen LogP contribution in [-0.4, -0.2) is 11.7 Å². The Bertz CT molecular complexity index is 534. The van der Waals surface area contributed by atoms with Crippen LogP contribution in [0.3, 0.4) is 0 Å². The highest BCUT2D eigenvalue weighted by Crippen LogP contribution is 2.22. The van der Waals surface area contributed by atoms with Gasteiger partial charge in [-0.2, -0.15) is 0 Å². The minimum absolute atomic E-state index is 0.00130. The van der Waals surface area contributed by atoms with Gasteiger partial charge in [-0.15, -0.1) is 11.3 Å². The third-order valence-corrected chi connectivity index (χ3v) is 4.42. The van der Waals surface area contributed by atoms with Crippen molar-refractivity contribution in [3.8, 4) is 0 Å². The van der Waals surface area contributed by atoms with E-state index in [0.717, 1.165) is 6.54 Å². The predicted molar refractivity (Wildman–Crippen MR) is 81.6 cm³/mol. The first-order chi connectivity index (χ1) is 9.11. The average molecular weight is 275 g/mol. The van der Waals surface area contributed by atoms with E-state index >= 15 is 0 Å². The van der Waals surface area contributed by atoms with Crippen LogP contribution in [0.15, 0.2) is 29.6 Å². The number of rotatable bonds is 5. The monoisotopic (exact) mass is 275 g/mol. The summed E-state index contributed by atoms with van der Waals surface area (Å²) in [5.41, 5.74) is 5.01. The average Bonchev–Trinajstić information content (AvgIpc) is 2.89. The number of hydrogen-bond donors (Lipinski definition) is 2. The van der Waals surface area contributed by atoms with Crippen molar-refractivity contribution in [3.63, 3.8) is 0 Å². The van der Waals surface area contributed by atoms with Crippen LogP contribution in [0.25, 0.3) is 0 Å². The second-order valence-corrected chi connectivity index (χ2v) is 6.02. The van der Waals surface area contributed by atoms with Crippen molar-refractivity contribution in [3.05, 3.63) is 56.8 Å². The van der Waals surface area contributed by atoms with E-state index in [2.05, 4.69) is 55.7 Å². The number of nitrogens with one attached hydrogen (secondary N) is 1. The standard InChI is InChI=1S/C16H21NOS/c1-11-7-13(3)15(8-12(11)2)16(10-18)17-9-14-5-4-6-19-14/h4-8,16-18H,9-10H2,1-3H3. The SMILES string of the molecule is Cc1cc(C)c(C(CO)NCc2cccs2)cc1C. The lowest BCUT2D eigenvalue weighted by Crippen LogP contribution is -2.24. The molecule has 2 aromatic rings. The van der Waals surface area contributed by atoms with E-state index in [4.69, 9.17) is 0 Å². The zero-order valence-electron chi connectivity index (χ0n) is 11.7. The van der Waals surface area contributed by atoms with E-state index < -0.39 is 0 Å². The lowest BCUT2D eigenvalue weighted by Gasteiger charge is -2.20. The number of aryl methyl sites for hydroxylation is 3. The van der Waals surface area contributed by atoms with Crippen LogP contribution in [0.1, 0.15) is 33.2 Å². The number of aliphatic hydroxyl groups excluding tert-OH is 1. The Balaban J connectivity index is 2.15. The Morgan fingerprint density at radius 2 is 1.89 bits per heavy atom. The molecule has 0 aliphatic rings. The summed E-state index contributed by atoms with van der Waals surface area (Å²) in [6, 6.07) is 8.55. The lowest BCUT2D eigenvalue weighted by atomic mass is 9.96. The highest BCUT2D eigenvalue weighted by atomic mass is 32.1. The molecule has 1 aromatic carbocycles. The van der Waals surface area contributed by atoms with Gasteiger partial charge >= 0.3 is 0 Å². The van der Waals surface area contributed by atoms with Crippen molar-refractivity contribution >= 4 is 11.3 Å². The molecule has 0 bridgehead atoms. The molecule has 0 radical (unpaired) electrons. The van der Waals surface area contributed by atoms with Gasteiger partial charge in [0, 0.05) is 11.4 Å². The molecule has 1 atom stereocenters. The van der Waals surface area contributed by atoms with Gasteiger partial charge in [0.15, 0.2) is 0 Å². The van der Waals surface area contributed by atoms with Crippen LogP contribution >= 0.6 is 11.3 Å². The molecule has 0 saturated carbocycles. The summed E-state index contributed by atoms with van der Waals surface area (Å²) in [6.07, 6.45) is 0. The molecule has 0 amide bonds. The molecule has 0 fully saturated rings. The van der Waals surface area contributed by atoms with Gasteiger partial charge in [-0.1, -0.05) is 18.2 Å². The maximum atomic E-state index is 9.63. The fourth-order valence-electron chi connectivity index (χ4n) is 2.27. The quantitative estimate of drug-likeness (QED) is 0.875. The van der Waals surface area contributed by atoms with Gasteiger partial charge in [0.2, 0.25) is 0 Å². The summed E-state index contributed by atoms with van der Waals surface area (Å²) >= 11 is 1.74. The molecule has 0 aliphatic heterocycles. The van der Waals surface area contributed by atoms with Crippen molar-refractivity contribution in [2.45, 2.75) is 33.4 Å². The van der Waals surface area contributed by atoms with Gasteiger partial charge in [0.1, 0.15) is 0 Å². The molecular formula is C16H21NOS. The Hall–Kier alpha value is -1.16. The minimum Gasteiger partial charge on any atom is -0.394 e. The van der Waals surface area contributed by atoms with Gasteiger partial charge in [0.25, 0.3) is 0 Å². The van der Waals surface area contributed by atoms with Gasteiger partial charge in [-0.3, -0.25) is 0 Å². The maximum Gasteiger partial charge on any atom is 0.0626 e. The molecule has 0 spiro atoms. The molecule has 19 heavy (non-hydrogen) atoms. The van der Waals surface area contributed by atoms with Gasteiger partial charge in [-0.05, 0) is 54.5 Å². The summed E-state index contributed by atoms with van der Waals surface area (Å²) in [7, 11) is 0. The van der Waals surface area contributed by atoms with Crippen LogP contribution in [0.5, 0.6) is 0 Å². The third-order valence-electron chi connectivity index (χ3n) is 3.54. The van der Waals surface area contributed by atoms with E-state index in [-0.39, 0.29) is 12.6 Å². The van der Waals surface area contributed by atoms with Gasteiger partial charge < -0.3 is 10.4 Å². The smallest absolute Gasteiger partial charge is 0.0626 e. The van der Waals surface area contributed by atoms with Crippen LogP contribution < -0.4 is 5.32 Å². The third kappa shape index (κ3) is 3.44. The molecule has 2 N–H and O–H groups in total. The predicted octanol–water partition coefficient (Wildman–Crippen LogP) is 3.50. The second-order valence-electron chi connectivity index (χ2n) is 4.99. The normalized spacial score (nSPS) is 12.6. The van der Waals surface area contributed by atoms with Crippen LogP contribution in [0.4, 0.5) is 0 Å². The van der Waals surface area contributed by atoms with Gasteiger partial charge in [-0.25, -0.2) is 0 Å². The van der Waals surface area contributed by atoms with Crippen molar-refractivity contribution in [2.24, 2.45) is 0 Å². The second kappa shape index (κ2) is 6.33. The van der Waals surface area contributed by atoms with Gasteiger partial charge in [0.05, 0.1) is 12.6 Å². The summed E-state index contributed by atoms with van der Waals surface area (Å²) in [5, 5.41) is 15.1. The molecule has 102 valence electrons. The molecule has 1 heterocycles.